The van der Waals surface area contributed by atoms with Crippen molar-refractivity contribution in [2.45, 2.75) is 40.7 Å². The average molecular weight is 335 g/mol. The van der Waals surface area contributed by atoms with Crippen LogP contribution in [-0.4, -0.2) is 38.8 Å². The molecule has 2 aromatic heterocycles. The first-order chi connectivity index (χ1) is 11.0. The number of guanidine groups is 1. The van der Waals surface area contributed by atoms with E-state index in [0.717, 1.165) is 47.8 Å². The normalized spacial score (nSPS) is 11.8. The third-order valence-corrected chi connectivity index (χ3v) is 4.74. The Bertz CT molecular complexity index is 652. The minimum atomic E-state index is 0.502. The van der Waals surface area contributed by atoms with Crippen LogP contribution in [0.15, 0.2) is 4.99 Å². The molecule has 0 aliphatic rings. The first-order valence-corrected chi connectivity index (χ1v) is 8.62. The van der Waals surface area contributed by atoms with Crippen LogP contribution >= 0.6 is 11.3 Å². The Morgan fingerprint density at radius 3 is 2.57 bits per heavy atom. The summed E-state index contributed by atoms with van der Waals surface area (Å²) in [6, 6.07) is 0. The Hall–Kier alpha value is -1.96. The number of hydrogen-bond donors (Lipinski definition) is 2. The molecule has 0 unspecified atom stereocenters. The van der Waals surface area contributed by atoms with E-state index in [0.29, 0.717) is 6.54 Å². The van der Waals surface area contributed by atoms with Gasteiger partial charge in [0.2, 0.25) is 0 Å². The van der Waals surface area contributed by atoms with E-state index in [-0.39, 0.29) is 0 Å². The molecule has 0 spiro atoms. The molecule has 7 nitrogen and oxygen atoms in total. The number of nitrogens with one attached hydrogen (secondary N) is 2. The van der Waals surface area contributed by atoms with Crippen molar-refractivity contribution in [3.63, 3.8) is 0 Å². The Morgan fingerprint density at radius 1 is 1.22 bits per heavy atom. The van der Waals surface area contributed by atoms with Gasteiger partial charge in [0.15, 0.2) is 11.8 Å². The summed E-state index contributed by atoms with van der Waals surface area (Å²) in [4.78, 5) is 10.4. The van der Waals surface area contributed by atoms with Gasteiger partial charge in [0, 0.05) is 31.4 Å². The van der Waals surface area contributed by atoms with E-state index < -0.39 is 0 Å². The van der Waals surface area contributed by atoms with E-state index in [9.17, 15) is 0 Å². The summed E-state index contributed by atoms with van der Waals surface area (Å²) in [6.07, 6.45) is 0.896. The largest absolute Gasteiger partial charge is 0.357 e. The number of nitrogens with zero attached hydrogens (tertiary/aromatic N) is 5. The molecule has 126 valence electrons. The lowest BCUT2D eigenvalue weighted by molar-refractivity contribution is 0.752. The van der Waals surface area contributed by atoms with E-state index in [1.54, 1.807) is 11.3 Å². The molecule has 0 aliphatic carbocycles. The SMILES string of the molecule is CCNC(=NCc1nnc(C)n1C)NCCc1nc(C)c(C)s1. The molecule has 0 aromatic carbocycles. The van der Waals surface area contributed by atoms with Crippen LogP contribution in [0, 0.1) is 20.8 Å². The topological polar surface area (TPSA) is 80.0 Å². The molecular formula is C15H25N7S. The smallest absolute Gasteiger partial charge is 0.191 e. The van der Waals surface area contributed by atoms with Crippen LogP contribution in [0.2, 0.25) is 0 Å². The maximum Gasteiger partial charge on any atom is 0.191 e. The zero-order valence-electron chi connectivity index (χ0n) is 14.5. The number of rotatable bonds is 6. The Kier molecular flexibility index (Phi) is 6.09. The fourth-order valence-corrected chi connectivity index (χ4v) is 2.95. The fourth-order valence-electron chi connectivity index (χ4n) is 2.01. The Morgan fingerprint density at radius 2 is 2.00 bits per heavy atom. The second kappa shape index (κ2) is 8.05. The van der Waals surface area contributed by atoms with Gasteiger partial charge in [-0.05, 0) is 27.7 Å². The summed E-state index contributed by atoms with van der Waals surface area (Å²) in [5, 5.41) is 15.9. The van der Waals surface area contributed by atoms with E-state index in [1.807, 2.05) is 18.5 Å². The Balaban J connectivity index is 1.90. The van der Waals surface area contributed by atoms with Crippen molar-refractivity contribution >= 4 is 17.3 Å². The lowest BCUT2D eigenvalue weighted by Gasteiger charge is -2.10. The maximum absolute atomic E-state index is 4.57. The van der Waals surface area contributed by atoms with Crippen molar-refractivity contribution in [3.8, 4) is 0 Å². The number of hydrogen-bond acceptors (Lipinski definition) is 5. The van der Waals surface area contributed by atoms with Gasteiger partial charge < -0.3 is 15.2 Å². The number of aromatic nitrogens is 4. The second-order valence-electron chi connectivity index (χ2n) is 5.34. The van der Waals surface area contributed by atoms with Crippen molar-refractivity contribution in [1.29, 1.82) is 0 Å². The van der Waals surface area contributed by atoms with Crippen LogP contribution in [0.5, 0.6) is 0 Å². The summed E-state index contributed by atoms with van der Waals surface area (Å²) in [5.41, 5.74) is 1.13. The highest BCUT2D eigenvalue weighted by Crippen LogP contribution is 2.16. The molecule has 0 aliphatic heterocycles. The van der Waals surface area contributed by atoms with Gasteiger partial charge in [0.1, 0.15) is 12.4 Å². The lowest BCUT2D eigenvalue weighted by Crippen LogP contribution is -2.38. The van der Waals surface area contributed by atoms with Crippen LogP contribution in [0.3, 0.4) is 0 Å². The molecule has 0 radical (unpaired) electrons. The van der Waals surface area contributed by atoms with Gasteiger partial charge in [-0.1, -0.05) is 0 Å². The zero-order chi connectivity index (χ0) is 16.8. The predicted molar refractivity (Wildman–Crippen MR) is 93.9 cm³/mol. The van der Waals surface area contributed by atoms with E-state index in [4.69, 9.17) is 0 Å². The van der Waals surface area contributed by atoms with Crippen molar-refractivity contribution in [1.82, 2.24) is 30.4 Å². The van der Waals surface area contributed by atoms with Crippen LogP contribution in [0.4, 0.5) is 0 Å². The summed E-state index contributed by atoms with van der Waals surface area (Å²) in [5.74, 6) is 2.53. The monoisotopic (exact) mass is 335 g/mol. The van der Waals surface area contributed by atoms with Gasteiger partial charge in [-0.2, -0.15) is 0 Å². The van der Waals surface area contributed by atoms with Gasteiger partial charge in [-0.25, -0.2) is 9.98 Å². The van der Waals surface area contributed by atoms with E-state index in [1.165, 1.54) is 4.88 Å². The highest BCUT2D eigenvalue weighted by molar-refractivity contribution is 7.11. The van der Waals surface area contributed by atoms with Crippen LogP contribution in [-0.2, 0) is 20.0 Å². The minimum absolute atomic E-state index is 0.502. The van der Waals surface area contributed by atoms with Gasteiger partial charge in [0.05, 0.1) is 10.7 Å². The number of thiazole rings is 1. The van der Waals surface area contributed by atoms with Gasteiger partial charge in [-0.3, -0.25) is 0 Å². The molecule has 0 fully saturated rings. The highest BCUT2D eigenvalue weighted by atomic mass is 32.1. The quantitative estimate of drug-likeness (QED) is 0.618. The average Bonchev–Trinajstić information content (AvgIpc) is 3.00. The molecule has 2 N–H and O–H groups in total. The molecule has 0 bridgehead atoms. The van der Waals surface area contributed by atoms with Gasteiger partial charge in [0.25, 0.3) is 0 Å². The van der Waals surface area contributed by atoms with Gasteiger partial charge >= 0.3 is 0 Å². The number of aryl methyl sites for hydroxylation is 3. The fraction of sp³-hybridized carbons (Fsp3) is 0.600. The lowest BCUT2D eigenvalue weighted by atomic mass is 10.4. The van der Waals surface area contributed by atoms with E-state index in [2.05, 4.69) is 51.6 Å². The summed E-state index contributed by atoms with van der Waals surface area (Å²) in [7, 11) is 1.95. The van der Waals surface area contributed by atoms with E-state index >= 15 is 0 Å². The molecule has 0 saturated carbocycles. The maximum atomic E-state index is 4.57. The molecule has 2 rings (SSSR count). The molecule has 0 saturated heterocycles. The highest BCUT2D eigenvalue weighted by Gasteiger charge is 2.06. The first kappa shape index (κ1) is 17.4. The van der Waals surface area contributed by atoms with Crippen molar-refractivity contribution in [3.05, 3.63) is 27.2 Å². The summed E-state index contributed by atoms with van der Waals surface area (Å²) in [6.45, 7) is 10.3. The zero-order valence-corrected chi connectivity index (χ0v) is 15.3. The number of aliphatic imine (C=N–C) groups is 1. The third-order valence-electron chi connectivity index (χ3n) is 3.61. The standard InChI is InChI=1S/C15H25N7S/c1-6-16-15(18-9-13-21-20-12(4)22(13)5)17-8-7-14-19-10(2)11(3)23-14/h6-9H2,1-5H3,(H2,16,17,18). The molecule has 23 heavy (non-hydrogen) atoms. The van der Waals surface area contributed by atoms with Crippen molar-refractivity contribution < 1.29 is 0 Å². The van der Waals surface area contributed by atoms with Crippen molar-refractivity contribution in [2.75, 3.05) is 13.1 Å². The molecular weight excluding hydrogens is 310 g/mol. The molecule has 8 heteroatoms. The Labute approximate surface area is 141 Å². The third kappa shape index (κ3) is 4.75. The summed E-state index contributed by atoms with van der Waals surface area (Å²) < 4.78 is 1.95. The predicted octanol–water partition coefficient (Wildman–Crippen LogP) is 1.49. The first-order valence-electron chi connectivity index (χ1n) is 7.81. The van der Waals surface area contributed by atoms with Gasteiger partial charge in [-0.15, -0.1) is 21.5 Å². The second-order valence-corrected chi connectivity index (χ2v) is 6.63. The molecule has 2 heterocycles. The summed E-state index contributed by atoms with van der Waals surface area (Å²) >= 11 is 1.76. The molecule has 2 aromatic rings. The molecule has 0 atom stereocenters. The van der Waals surface area contributed by atoms with Crippen LogP contribution in [0.1, 0.15) is 34.2 Å². The van der Waals surface area contributed by atoms with Crippen LogP contribution in [0.25, 0.3) is 0 Å². The van der Waals surface area contributed by atoms with Crippen LogP contribution < -0.4 is 10.6 Å². The van der Waals surface area contributed by atoms with Crippen molar-refractivity contribution in [2.24, 2.45) is 12.0 Å². The molecule has 0 amide bonds. The minimum Gasteiger partial charge on any atom is -0.357 e.